The fraction of sp³-hybridized carbons (Fsp3) is 0.263. The fourth-order valence-electron chi connectivity index (χ4n) is 2.92. The van der Waals surface area contributed by atoms with Crippen molar-refractivity contribution >= 4 is 26.8 Å². The summed E-state index contributed by atoms with van der Waals surface area (Å²) in [4.78, 5) is 20.7. The zero-order chi connectivity index (χ0) is 21.7. The molecule has 2 aromatic heterocycles. The van der Waals surface area contributed by atoms with Gasteiger partial charge >= 0.3 is 0 Å². The van der Waals surface area contributed by atoms with E-state index in [0.29, 0.717) is 10.9 Å². The quantitative estimate of drug-likeness (QED) is 0.342. The minimum atomic E-state index is -3.92. The number of sulfonamides is 1. The van der Waals surface area contributed by atoms with E-state index in [-0.39, 0.29) is 42.5 Å². The van der Waals surface area contributed by atoms with Gasteiger partial charge < -0.3 is 9.67 Å². The van der Waals surface area contributed by atoms with Crippen LogP contribution in [0.15, 0.2) is 47.6 Å². The molecule has 2 heterocycles. The van der Waals surface area contributed by atoms with Gasteiger partial charge in [0.1, 0.15) is 16.4 Å². The lowest BCUT2D eigenvalue weighted by Crippen LogP contribution is -2.25. The predicted molar refractivity (Wildman–Crippen MR) is 107 cm³/mol. The summed E-state index contributed by atoms with van der Waals surface area (Å²) in [6.07, 6.45) is 3.10. The van der Waals surface area contributed by atoms with Crippen molar-refractivity contribution in [3.63, 3.8) is 0 Å². The number of fused-ring (bicyclic) bond motifs is 1. The zero-order valence-electron chi connectivity index (χ0n) is 16.1. The van der Waals surface area contributed by atoms with Crippen LogP contribution < -0.4 is 10.2 Å². The lowest BCUT2D eigenvalue weighted by atomic mass is 10.2. The van der Waals surface area contributed by atoms with E-state index in [2.05, 4.69) is 20.0 Å². The second-order valence-corrected chi connectivity index (χ2v) is 8.18. The summed E-state index contributed by atoms with van der Waals surface area (Å²) < 4.78 is 43.0. The van der Waals surface area contributed by atoms with E-state index in [1.807, 2.05) is 0 Å². The number of hydrogen-bond acceptors (Lipinski definition) is 6. The van der Waals surface area contributed by atoms with Crippen LogP contribution in [0.3, 0.4) is 0 Å². The maximum atomic E-state index is 13.2. The smallest absolute Gasteiger partial charge is 0.293 e. The number of carbonyl (C=O) groups is 1. The first-order valence-electron chi connectivity index (χ1n) is 9.03. The molecule has 0 atom stereocenters. The lowest BCUT2D eigenvalue weighted by molar-refractivity contribution is 0.0532. The molecule has 1 aromatic carbocycles. The Bertz CT molecular complexity index is 1150. The summed E-state index contributed by atoms with van der Waals surface area (Å²) >= 11 is 0. The second-order valence-electron chi connectivity index (χ2n) is 6.44. The highest BCUT2D eigenvalue weighted by Gasteiger charge is 2.22. The maximum Gasteiger partial charge on any atom is 0.293 e. The number of pyridine rings is 1. The summed E-state index contributed by atoms with van der Waals surface area (Å²) in [6, 6.07) is 7.21. The molecule has 0 aliphatic carbocycles. The van der Waals surface area contributed by atoms with E-state index in [9.17, 15) is 17.6 Å². The Morgan fingerprint density at radius 2 is 2.03 bits per heavy atom. The van der Waals surface area contributed by atoms with E-state index in [1.54, 1.807) is 16.7 Å². The zero-order valence-corrected chi connectivity index (χ0v) is 16.9. The third-order valence-corrected chi connectivity index (χ3v) is 5.83. The number of nitrogens with one attached hydrogen (secondary N) is 2. The van der Waals surface area contributed by atoms with E-state index >= 15 is 0 Å². The van der Waals surface area contributed by atoms with Gasteiger partial charge in [-0.2, -0.15) is 0 Å². The number of benzene rings is 1. The molecule has 1 amide bonds. The van der Waals surface area contributed by atoms with Crippen LogP contribution in [0.1, 0.15) is 22.5 Å². The van der Waals surface area contributed by atoms with Gasteiger partial charge in [0.25, 0.3) is 5.91 Å². The molecule has 0 aliphatic rings. The third-order valence-electron chi connectivity index (χ3n) is 4.34. The number of amides is 1. The molecule has 0 spiro atoms. The van der Waals surface area contributed by atoms with Gasteiger partial charge in [0.05, 0.1) is 18.8 Å². The van der Waals surface area contributed by atoms with Crippen molar-refractivity contribution in [3.05, 3.63) is 59.8 Å². The van der Waals surface area contributed by atoms with Crippen LogP contribution in [-0.2, 0) is 21.4 Å². The van der Waals surface area contributed by atoms with Crippen LogP contribution in [-0.4, -0.2) is 49.2 Å². The highest BCUT2D eigenvalue weighted by Crippen LogP contribution is 2.26. The Kier molecular flexibility index (Phi) is 6.77. The van der Waals surface area contributed by atoms with Crippen molar-refractivity contribution in [1.82, 2.24) is 19.8 Å². The minimum Gasteiger partial charge on any atom is -0.396 e. The molecule has 3 N–H and O–H groups in total. The number of nitrogens with zero attached hydrogens (tertiary/aromatic N) is 2. The number of rotatable bonds is 9. The Morgan fingerprint density at radius 3 is 2.70 bits per heavy atom. The molecule has 0 fully saturated rings. The topological polar surface area (TPSA) is 123 Å². The van der Waals surface area contributed by atoms with Crippen molar-refractivity contribution in [1.29, 1.82) is 0 Å². The number of hydrogen-bond donors (Lipinski definition) is 3. The average Bonchev–Trinajstić information content (AvgIpc) is 3.08. The van der Waals surface area contributed by atoms with Crippen molar-refractivity contribution < 1.29 is 27.5 Å². The van der Waals surface area contributed by atoms with Gasteiger partial charge in [0.2, 0.25) is 10.0 Å². The largest absolute Gasteiger partial charge is 0.396 e. The molecule has 0 radical (unpaired) electrons. The normalized spacial score (nSPS) is 11.7. The molecule has 160 valence electrons. The lowest BCUT2D eigenvalue weighted by Gasteiger charge is -2.06. The summed E-state index contributed by atoms with van der Waals surface area (Å²) in [6.45, 7) is 0.180. The first kappa shape index (κ1) is 21.8. The fourth-order valence-corrected chi connectivity index (χ4v) is 4.21. The van der Waals surface area contributed by atoms with Crippen LogP contribution in [0, 0.1) is 5.82 Å². The number of hydroxylamine groups is 1. The Labute approximate surface area is 172 Å². The van der Waals surface area contributed by atoms with Gasteiger partial charge in [0, 0.05) is 31.3 Å². The molecule has 0 aliphatic heterocycles. The first-order valence-corrected chi connectivity index (χ1v) is 10.5. The molecule has 3 aromatic rings. The molecular weight excluding hydrogens is 415 g/mol. The van der Waals surface area contributed by atoms with Gasteiger partial charge in [-0.3, -0.25) is 9.63 Å². The standard InChI is InChI=1S/C19H21FN4O5S/c1-29-23-19(26)16-9-15-17(10-21-16)24(11-13-3-5-14(20)6-4-13)12-18(15)30(27,28)22-7-2-8-25/h3-6,9-10,12,22,25H,2,7-8,11H2,1H3,(H,23,26). The van der Waals surface area contributed by atoms with Crippen LogP contribution in [0.2, 0.25) is 0 Å². The monoisotopic (exact) mass is 436 g/mol. The third kappa shape index (κ3) is 4.82. The van der Waals surface area contributed by atoms with Crippen LogP contribution in [0.5, 0.6) is 0 Å². The summed E-state index contributed by atoms with van der Waals surface area (Å²) in [5.74, 6) is -0.995. The summed E-state index contributed by atoms with van der Waals surface area (Å²) in [5.41, 5.74) is 3.36. The van der Waals surface area contributed by atoms with Gasteiger partial charge in [0.15, 0.2) is 0 Å². The molecule has 11 heteroatoms. The van der Waals surface area contributed by atoms with Crippen molar-refractivity contribution in [2.45, 2.75) is 17.9 Å². The highest BCUT2D eigenvalue weighted by atomic mass is 32.2. The van der Waals surface area contributed by atoms with Crippen molar-refractivity contribution in [3.8, 4) is 0 Å². The van der Waals surface area contributed by atoms with Crippen LogP contribution >= 0.6 is 0 Å². The van der Waals surface area contributed by atoms with E-state index in [0.717, 1.165) is 5.56 Å². The van der Waals surface area contributed by atoms with E-state index in [4.69, 9.17) is 5.11 Å². The highest BCUT2D eigenvalue weighted by molar-refractivity contribution is 7.89. The minimum absolute atomic E-state index is 0.0179. The summed E-state index contributed by atoms with van der Waals surface area (Å²) in [5, 5.41) is 9.21. The number of aliphatic hydroxyl groups is 1. The number of carbonyl (C=O) groups excluding carboxylic acids is 1. The molecule has 0 saturated carbocycles. The SMILES string of the molecule is CONC(=O)c1cc2c(S(=O)(=O)NCCCO)cn(Cc3ccc(F)cc3)c2cn1. The molecule has 3 rings (SSSR count). The van der Waals surface area contributed by atoms with E-state index < -0.39 is 15.9 Å². The Hall–Kier alpha value is -2.86. The van der Waals surface area contributed by atoms with Gasteiger partial charge in [-0.1, -0.05) is 12.1 Å². The van der Waals surface area contributed by atoms with Crippen LogP contribution in [0.4, 0.5) is 4.39 Å². The van der Waals surface area contributed by atoms with Gasteiger partial charge in [-0.05, 0) is 30.2 Å². The van der Waals surface area contributed by atoms with Gasteiger partial charge in [-0.25, -0.2) is 28.0 Å². The van der Waals surface area contributed by atoms with Gasteiger partial charge in [-0.15, -0.1) is 0 Å². The number of aliphatic hydroxyl groups excluding tert-OH is 1. The number of halogens is 1. The summed E-state index contributed by atoms with van der Waals surface area (Å²) in [7, 11) is -2.65. The molecule has 0 bridgehead atoms. The van der Waals surface area contributed by atoms with Crippen LogP contribution in [0.25, 0.3) is 10.9 Å². The van der Waals surface area contributed by atoms with Crippen molar-refractivity contribution in [2.24, 2.45) is 0 Å². The molecule has 0 unspecified atom stereocenters. The van der Waals surface area contributed by atoms with Crippen molar-refractivity contribution in [2.75, 3.05) is 20.3 Å². The second kappa shape index (κ2) is 9.30. The average molecular weight is 436 g/mol. The number of aromatic nitrogens is 2. The molecule has 30 heavy (non-hydrogen) atoms. The Balaban J connectivity index is 2.08. The molecule has 9 nitrogen and oxygen atoms in total. The molecular formula is C19H21FN4O5S. The first-order chi connectivity index (χ1) is 14.4. The predicted octanol–water partition coefficient (Wildman–Crippen LogP) is 1.18. The maximum absolute atomic E-state index is 13.2. The molecule has 0 saturated heterocycles. The van der Waals surface area contributed by atoms with E-state index in [1.165, 1.54) is 37.7 Å². The Morgan fingerprint density at radius 1 is 1.30 bits per heavy atom.